The van der Waals surface area contributed by atoms with Crippen LogP contribution in [0.2, 0.25) is 5.02 Å². The molecule has 3 heterocycles. The first kappa shape index (κ1) is 24.2. The van der Waals surface area contributed by atoms with Crippen molar-refractivity contribution >= 4 is 42.4 Å². The van der Waals surface area contributed by atoms with E-state index >= 15 is 0 Å². The van der Waals surface area contributed by atoms with Crippen molar-refractivity contribution in [2.45, 2.75) is 19.0 Å². The largest absolute Gasteiger partial charge is 0.336 e. The summed E-state index contributed by atoms with van der Waals surface area (Å²) in [5.41, 5.74) is 2.63. The van der Waals surface area contributed by atoms with Crippen LogP contribution in [0, 0.1) is 0 Å². The molecule has 1 saturated heterocycles. The fourth-order valence-corrected chi connectivity index (χ4v) is 3.64. The maximum Gasteiger partial charge on any atom is 0.255 e. The summed E-state index contributed by atoms with van der Waals surface area (Å²) in [6.07, 6.45) is 3.41. The SMILES string of the molecule is C[C@H]1CNC(c2ccc(Cl)cc2)CN1c1nc(-c2ccncc2)cc(=O)n1C.Cl.Cl. The molecule has 0 bridgehead atoms. The number of halogens is 3. The smallest absolute Gasteiger partial charge is 0.255 e. The molecule has 3 aromatic rings. The van der Waals surface area contributed by atoms with Gasteiger partial charge < -0.3 is 10.2 Å². The Labute approximate surface area is 193 Å². The van der Waals surface area contributed by atoms with Crippen LogP contribution >= 0.6 is 36.4 Å². The van der Waals surface area contributed by atoms with Crippen molar-refractivity contribution in [3.63, 3.8) is 0 Å². The number of aromatic nitrogens is 3. The van der Waals surface area contributed by atoms with Gasteiger partial charge in [0.15, 0.2) is 0 Å². The summed E-state index contributed by atoms with van der Waals surface area (Å²) in [6, 6.07) is 13.5. The minimum absolute atomic E-state index is 0. The van der Waals surface area contributed by atoms with Crippen LogP contribution in [-0.4, -0.2) is 33.7 Å². The van der Waals surface area contributed by atoms with Crippen LogP contribution < -0.4 is 15.8 Å². The summed E-state index contributed by atoms with van der Waals surface area (Å²) < 4.78 is 1.62. The van der Waals surface area contributed by atoms with Gasteiger partial charge in [0.1, 0.15) is 0 Å². The molecule has 1 aromatic carbocycles. The molecule has 30 heavy (non-hydrogen) atoms. The first-order valence-corrected chi connectivity index (χ1v) is 9.64. The van der Waals surface area contributed by atoms with Gasteiger partial charge in [0.25, 0.3) is 5.56 Å². The molecular formula is C21H24Cl3N5O. The quantitative estimate of drug-likeness (QED) is 0.632. The van der Waals surface area contributed by atoms with Gasteiger partial charge in [0.2, 0.25) is 5.95 Å². The number of rotatable bonds is 3. The van der Waals surface area contributed by atoms with E-state index in [1.165, 1.54) is 0 Å². The zero-order valence-corrected chi connectivity index (χ0v) is 19.0. The molecule has 1 aliphatic heterocycles. The summed E-state index contributed by atoms with van der Waals surface area (Å²) >= 11 is 6.03. The second kappa shape index (κ2) is 10.3. The lowest BCUT2D eigenvalue weighted by Gasteiger charge is -2.40. The minimum Gasteiger partial charge on any atom is -0.336 e. The third-order valence-corrected chi connectivity index (χ3v) is 5.44. The molecule has 2 atom stereocenters. The van der Waals surface area contributed by atoms with E-state index in [1.54, 1.807) is 30.1 Å². The molecule has 0 saturated carbocycles. The highest BCUT2D eigenvalue weighted by atomic mass is 35.5. The van der Waals surface area contributed by atoms with E-state index in [2.05, 4.69) is 22.1 Å². The lowest BCUT2D eigenvalue weighted by Crippen LogP contribution is -2.53. The van der Waals surface area contributed by atoms with Gasteiger partial charge >= 0.3 is 0 Å². The maximum atomic E-state index is 12.6. The van der Waals surface area contributed by atoms with Crippen LogP contribution in [0.1, 0.15) is 18.5 Å². The molecule has 1 unspecified atom stereocenters. The highest BCUT2D eigenvalue weighted by molar-refractivity contribution is 6.30. The molecule has 4 rings (SSSR count). The minimum atomic E-state index is -0.0782. The first-order valence-electron chi connectivity index (χ1n) is 9.27. The third kappa shape index (κ3) is 4.95. The number of benzene rings is 1. The van der Waals surface area contributed by atoms with Crippen LogP contribution in [0.15, 0.2) is 59.7 Å². The summed E-state index contributed by atoms with van der Waals surface area (Å²) in [4.78, 5) is 23.7. The average Bonchev–Trinajstić information content (AvgIpc) is 2.72. The summed E-state index contributed by atoms with van der Waals surface area (Å²) in [6.45, 7) is 3.64. The maximum absolute atomic E-state index is 12.6. The molecule has 6 nitrogen and oxygen atoms in total. The van der Waals surface area contributed by atoms with Crippen molar-refractivity contribution in [2.24, 2.45) is 7.05 Å². The normalized spacial score (nSPS) is 18.3. The number of nitrogens with one attached hydrogen (secondary N) is 1. The molecule has 1 N–H and O–H groups in total. The number of nitrogens with zero attached hydrogens (tertiary/aromatic N) is 4. The Morgan fingerprint density at radius 2 is 1.77 bits per heavy atom. The molecule has 0 amide bonds. The van der Waals surface area contributed by atoms with Crippen LogP contribution in [-0.2, 0) is 7.05 Å². The monoisotopic (exact) mass is 467 g/mol. The second-order valence-corrected chi connectivity index (χ2v) is 7.52. The molecule has 9 heteroatoms. The lowest BCUT2D eigenvalue weighted by atomic mass is 10.0. The predicted molar refractivity (Wildman–Crippen MR) is 126 cm³/mol. The Hall–Kier alpha value is -2.12. The molecule has 1 aliphatic rings. The Morgan fingerprint density at radius 3 is 2.43 bits per heavy atom. The van der Waals surface area contributed by atoms with Gasteiger partial charge in [0.05, 0.1) is 5.69 Å². The fraction of sp³-hybridized carbons (Fsp3) is 0.286. The molecule has 0 aliphatic carbocycles. The molecule has 1 fully saturated rings. The van der Waals surface area contributed by atoms with Gasteiger partial charge in [-0.1, -0.05) is 23.7 Å². The van der Waals surface area contributed by atoms with Crippen molar-refractivity contribution in [3.8, 4) is 11.3 Å². The number of pyridine rings is 1. The van der Waals surface area contributed by atoms with E-state index in [4.69, 9.17) is 16.6 Å². The number of piperazine rings is 1. The van der Waals surface area contributed by atoms with Gasteiger partial charge in [-0.2, -0.15) is 0 Å². The number of hydrogen-bond acceptors (Lipinski definition) is 5. The van der Waals surface area contributed by atoms with Crippen molar-refractivity contribution in [1.29, 1.82) is 0 Å². The van der Waals surface area contributed by atoms with Crippen LogP contribution in [0.3, 0.4) is 0 Å². The molecule has 0 radical (unpaired) electrons. The molecule has 2 aromatic heterocycles. The van der Waals surface area contributed by atoms with Crippen molar-refractivity contribution in [2.75, 3.05) is 18.0 Å². The topological polar surface area (TPSA) is 63.0 Å². The number of anilines is 1. The van der Waals surface area contributed by atoms with Crippen LogP contribution in [0.25, 0.3) is 11.3 Å². The van der Waals surface area contributed by atoms with Gasteiger partial charge in [-0.05, 0) is 36.8 Å². The Balaban J connectivity index is 0.00000160. The first-order chi connectivity index (χ1) is 13.5. The zero-order valence-electron chi connectivity index (χ0n) is 16.7. The predicted octanol–water partition coefficient (Wildman–Crippen LogP) is 3.88. The molecular weight excluding hydrogens is 445 g/mol. The highest BCUT2D eigenvalue weighted by Gasteiger charge is 2.29. The number of hydrogen-bond donors (Lipinski definition) is 1. The van der Waals surface area contributed by atoms with E-state index in [0.717, 1.165) is 22.7 Å². The van der Waals surface area contributed by atoms with Crippen LogP contribution in [0.5, 0.6) is 0 Å². The van der Waals surface area contributed by atoms with E-state index in [1.807, 2.05) is 36.4 Å². The summed E-state index contributed by atoms with van der Waals surface area (Å²) in [5.74, 6) is 0.673. The van der Waals surface area contributed by atoms with Crippen molar-refractivity contribution < 1.29 is 0 Å². The van der Waals surface area contributed by atoms with E-state index in [9.17, 15) is 4.79 Å². The summed E-state index contributed by atoms with van der Waals surface area (Å²) in [5, 5.41) is 4.30. The summed E-state index contributed by atoms with van der Waals surface area (Å²) in [7, 11) is 1.77. The Bertz CT molecular complexity index is 1030. The lowest BCUT2D eigenvalue weighted by molar-refractivity contribution is 0.405. The van der Waals surface area contributed by atoms with Gasteiger partial charge in [-0.3, -0.25) is 14.3 Å². The Kier molecular flexibility index (Phi) is 8.26. The Morgan fingerprint density at radius 1 is 1.10 bits per heavy atom. The van der Waals surface area contributed by atoms with Crippen molar-refractivity contribution in [1.82, 2.24) is 19.9 Å². The highest BCUT2D eigenvalue weighted by Crippen LogP contribution is 2.26. The zero-order chi connectivity index (χ0) is 19.7. The fourth-order valence-electron chi connectivity index (χ4n) is 3.52. The second-order valence-electron chi connectivity index (χ2n) is 7.09. The average molecular weight is 469 g/mol. The van der Waals surface area contributed by atoms with Crippen LogP contribution in [0.4, 0.5) is 5.95 Å². The molecule has 160 valence electrons. The van der Waals surface area contributed by atoms with Gasteiger partial charge in [-0.25, -0.2) is 4.98 Å². The van der Waals surface area contributed by atoms with E-state index in [0.29, 0.717) is 18.2 Å². The third-order valence-electron chi connectivity index (χ3n) is 5.19. The van der Waals surface area contributed by atoms with Crippen molar-refractivity contribution in [3.05, 3.63) is 75.8 Å². The van der Waals surface area contributed by atoms with E-state index in [-0.39, 0.29) is 42.5 Å². The van der Waals surface area contributed by atoms with E-state index < -0.39 is 0 Å². The van der Waals surface area contributed by atoms with Gasteiger partial charge in [0, 0.05) is 61.3 Å². The van der Waals surface area contributed by atoms with Gasteiger partial charge in [-0.15, -0.1) is 24.8 Å². The standard InChI is InChI=1S/C21H22ClN5O.2ClH/c1-14-12-24-19(15-3-5-17(22)6-4-15)13-27(14)21-25-18(11-20(28)26(21)2)16-7-9-23-10-8-16;;/h3-11,14,19,24H,12-13H2,1-2H3;2*1H/t14-,19?;;/m0../s1. The molecule has 0 spiro atoms.